The van der Waals surface area contributed by atoms with Crippen LogP contribution >= 0.6 is 0 Å². The zero-order valence-corrected chi connectivity index (χ0v) is 34.6. The lowest BCUT2D eigenvalue weighted by Crippen LogP contribution is -2.55. The second-order valence-corrected chi connectivity index (χ2v) is 18.4. The van der Waals surface area contributed by atoms with E-state index in [0.29, 0.717) is 0 Å². The minimum atomic E-state index is -0.487. The molecular weight excluding hydrogens is 638 g/mol. The van der Waals surface area contributed by atoms with Crippen LogP contribution in [0.3, 0.4) is 0 Å². The van der Waals surface area contributed by atoms with Gasteiger partial charge in [-0.2, -0.15) is 0 Å². The number of aryl methyl sites for hydroxylation is 2. The first-order chi connectivity index (χ1) is 24.6. The van der Waals surface area contributed by atoms with Gasteiger partial charge >= 0.3 is 7.12 Å². The maximum absolute atomic E-state index is 6.73. The summed E-state index contributed by atoms with van der Waals surface area (Å²) >= 11 is 0. The van der Waals surface area contributed by atoms with Gasteiger partial charge in [-0.3, -0.25) is 9.97 Å². The summed E-state index contributed by atoms with van der Waals surface area (Å²) in [7, 11) is 18.4. The van der Waals surface area contributed by atoms with Gasteiger partial charge in [0.1, 0.15) is 62.8 Å². The SMILES string of the molecule is BC(B)(c1cc(B2OC(C)(C)C(C)(C)O2)cc(C(B)(B)C(B)(B)c2cnc(-c3ccccc3)cc2C)c1)C(B)(B)c1cnc(-c2ccccc2)cc1C. The van der Waals surface area contributed by atoms with Gasteiger partial charge in [0.05, 0.1) is 22.6 Å². The molecule has 1 aliphatic heterocycles. The van der Waals surface area contributed by atoms with Crippen LogP contribution in [-0.2, 0) is 30.2 Å². The van der Waals surface area contributed by atoms with Crippen molar-refractivity contribution in [2.45, 2.75) is 73.6 Å². The van der Waals surface area contributed by atoms with Crippen LogP contribution in [0.25, 0.3) is 22.5 Å². The molecule has 4 nitrogen and oxygen atoms in total. The second kappa shape index (κ2) is 13.6. The van der Waals surface area contributed by atoms with E-state index in [1.807, 2.05) is 12.1 Å². The molecule has 53 heavy (non-hydrogen) atoms. The first kappa shape index (κ1) is 39.2. The van der Waals surface area contributed by atoms with Crippen LogP contribution < -0.4 is 5.46 Å². The van der Waals surface area contributed by atoms with Crippen molar-refractivity contribution in [3.8, 4) is 22.5 Å². The smallest absolute Gasteiger partial charge is 0.399 e. The minimum absolute atomic E-state index is 0.279. The third-order valence-corrected chi connectivity index (χ3v) is 13.8. The van der Waals surface area contributed by atoms with Crippen LogP contribution in [0.15, 0.2) is 103 Å². The number of benzene rings is 3. The molecular formula is C40H51B9N2O2. The van der Waals surface area contributed by atoms with Crippen molar-refractivity contribution in [2.75, 3.05) is 0 Å². The highest BCUT2D eigenvalue weighted by Crippen LogP contribution is 2.43. The molecule has 6 rings (SSSR count). The predicted octanol–water partition coefficient (Wildman–Crippen LogP) is -0.197. The van der Waals surface area contributed by atoms with Crippen LogP contribution in [0.5, 0.6) is 0 Å². The average molecular weight is 689 g/mol. The number of rotatable bonds is 9. The van der Waals surface area contributed by atoms with E-state index in [-0.39, 0.29) is 20.9 Å². The van der Waals surface area contributed by atoms with Gasteiger partial charge in [0.25, 0.3) is 0 Å². The molecule has 1 saturated heterocycles. The van der Waals surface area contributed by atoms with Crippen molar-refractivity contribution < 1.29 is 9.31 Å². The van der Waals surface area contributed by atoms with Crippen LogP contribution in [0.4, 0.5) is 0 Å². The second-order valence-electron chi connectivity index (χ2n) is 18.4. The topological polar surface area (TPSA) is 44.2 Å². The molecule has 1 fully saturated rings. The van der Waals surface area contributed by atoms with E-state index in [1.54, 1.807) is 0 Å². The van der Waals surface area contributed by atoms with Crippen molar-refractivity contribution in [3.63, 3.8) is 0 Å². The van der Waals surface area contributed by atoms with Crippen LogP contribution in [0.2, 0.25) is 0 Å². The van der Waals surface area contributed by atoms with E-state index < -0.39 is 18.3 Å². The summed E-state index contributed by atoms with van der Waals surface area (Å²) in [4.78, 5) is 10.0. The molecule has 0 spiro atoms. The van der Waals surface area contributed by atoms with Gasteiger partial charge in [-0.1, -0.05) is 111 Å². The van der Waals surface area contributed by atoms with Gasteiger partial charge in [0, 0.05) is 23.5 Å². The Balaban J connectivity index is 1.47. The van der Waals surface area contributed by atoms with Crippen LogP contribution in [0.1, 0.15) is 61.1 Å². The number of hydrogen-bond acceptors (Lipinski definition) is 4. The first-order valence-electron chi connectivity index (χ1n) is 19.2. The molecule has 0 aliphatic carbocycles. The summed E-state index contributed by atoms with van der Waals surface area (Å²) in [6.45, 7) is 12.9. The zero-order valence-electron chi connectivity index (χ0n) is 34.6. The third-order valence-electron chi connectivity index (χ3n) is 13.8. The molecule has 3 aromatic carbocycles. The number of hydrogen-bond donors (Lipinski definition) is 0. The average Bonchev–Trinajstić information content (AvgIpc) is 3.34. The summed E-state index contributed by atoms with van der Waals surface area (Å²) in [5, 5.41) is -1.18. The Labute approximate surface area is 326 Å². The molecule has 0 atom stereocenters. The van der Waals surface area contributed by atoms with Crippen molar-refractivity contribution in [3.05, 3.63) is 137 Å². The molecule has 0 unspecified atom stereocenters. The van der Waals surface area contributed by atoms with Crippen molar-refractivity contribution in [2.24, 2.45) is 0 Å². The van der Waals surface area contributed by atoms with Crippen molar-refractivity contribution in [1.82, 2.24) is 9.97 Å². The van der Waals surface area contributed by atoms with Gasteiger partial charge in [0.2, 0.25) is 0 Å². The molecule has 2 aromatic heterocycles. The molecule has 3 heterocycles. The molecule has 0 bridgehead atoms. The Morgan fingerprint density at radius 3 is 1.21 bits per heavy atom. The maximum atomic E-state index is 6.73. The highest BCUT2D eigenvalue weighted by Gasteiger charge is 2.53. The van der Waals surface area contributed by atoms with Gasteiger partial charge in [-0.05, 0) is 81.4 Å². The van der Waals surface area contributed by atoms with Crippen molar-refractivity contribution in [1.29, 1.82) is 0 Å². The van der Waals surface area contributed by atoms with Crippen LogP contribution in [0, 0.1) is 13.8 Å². The Hall–Kier alpha value is -3.54. The normalized spacial score (nSPS) is 16.1. The monoisotopic (exact) mass is 690 g/mol. The molecule has 0 saturated carbocycles. The van der Waals surface area contributed by atoms with Crippen molar-refractivity contribution >= 4 is 75.4 Å². The van der Waals surface area contributed by atoms with Crippen LogP contribution in [-0.4, -0.2) is 91.1 Å². The molecule has 0 N–H and O–H groups in total. The minimum Gasteiger partial charge on any atom is -0.399 e. The summed E-state index contributed by atoms with van der Waals surface area (Å²) < 4.78 is 13.5. The summed E-state index contributed by atoms with van der Waals surface area (Å²) in [5.41, 5.74) is 11.8. The van der Waals surface area contributed by atoms with E-state index in [1.165, 1.54) is 33.4 Å². The highest BCUT2D eigenvalue weighted by atomic mass is 16.7. The lowest BCUT2D eigenvalue weighted by Gasteiger charge is -2.47. The fourth-order valence-electron chi connectivity index (χ4n) is 7.84. The fraction of sp³-hybridized carbons (Fsp3) is 0.300. The predicted molar refractivity (Wildman–Crippen MR) is 246 cm³/mol. The van der Waals surface area contributed by atoms with E-state index in [2.05, 4.69) is 196 Å². The summed E-state index contributed by atoms with van der Waals surface area (Å²) in [6.07, 6.45) is 4.20. The molecule has 5 aromatic rings. The first-order valence-corrected chi connectivity index (χ1v) is 19.2. The van der Waals surface area contributed by atoms with E-state index in [4.69, 9.17) is 19.3 Å². The Kier molecular flexibility index (Phi) is 10.1. The quantitative estimate of drug-likeness (QED) is 0.202. The van der Waals surface area contributed by atoms with E-state index in [9.17, 15) is 0 Å². The van der Waals surface area contributed by atoms with Gasteiger partial charge in [-0.25, -0.2) is 0 Å². The van der Waals surface area contributed by atoms with Gasteiger partial charge in [0.15, 0.2) is 0 Å². The molecule has 0 radical (unpaired) electrons. The molecule has 13 heteroatoms. The summed E-state index contributed by atoms with van der Waals surface area (Å²) in [5.74, 6) is 0. The Morgan fingerprint density at radius 1 is 0.509 bits per heavy atom. The zero-order chi connectivity index (χ0) is 38.8. The summed E-state index contributed by atoms with van der Waals surface area (Å²) in [6, 6.07) is 32.4. The number of pyridine rings is 2. The van der Waals surface area contributed by atoms with Gasteiger partial charge in [-0.15, -0.1) is 0 Å². The fourth-order valence-corrected chi connectivity index (χ4v) is 7.84. The van der Waals surface area contributed by atoms with E-state index in [0.717, 1.165) is 28.0 Å². The Morgan fingerprint density at radius 2 is 0.868 bits per heavy atom. The standard InChI is InChI=1S/C40H51B9N2O2/c1-24-17-33(26-13-9-7-10-14-26)50-22-31(24)39(45,46)37(41,42)28-19-29(21-30(20-28)49-52-35(3,4)36(5,6)53-49)38(43,44)40(47,48)32-23-51-34(18-25(32)2)27-15-11-8-12-16-27/h7-23H,41-48H2,1-6H3. The largest absolute Gasteiger partial charge is 0.494 e. The third kappa shape index (κ3) is 6.86. The lowest BCUT2D eigenvalue weighted by atomic mass is 9.25. The number of aromatic nitrogens is 2. The molecule has 260 valence electrons. The number of nitrogens with zero attached hydrogens (tertiary/aromatic N) is 2. The molecule has 0 amide bonds. The van der Waals surface area contributed by atoms with Gasteiger partial charge < -0.3 is 9.31 Å². The van der Waals surface area contributed by atoms with E-state index >= 15 is 0 Å². The Bertz CT molecular complexity index is 1990. The molecule has 1 aliphatic rings. The highest BCUT2D eigenvalue weighted by molar-refractivity contribution is 6.63. The lowest BCUT2D eigenvalue weighted by molar-refractivity contribution is 0.00578. The maximum Gasteiger partial charge on any atom is 0.494 e.